The number of carbonyl (C=O) groups is 1. The number of nitrogens with zero attached hydrogens (tertiary/aromatic N) is 1. The molecular weight excluding hydrogens is 370 g/mol. The van der Waals surface area contributed by atoms with E-state index in [2.05, 4.69) is 10.3 Å². The molecule has 0 radical (unpaired) electrons. The highest BCUT2D eigenvalue weighted by molar-refractivity contribution is 7.22. The minimum absolute atomic E-state index is 0.0874. The SMILES string of the molecule is O=C(Nc1nc2ccc(F)cc2s1)[C@@H]1C[C@H]1c1cc(Cl)cc(Cl)c1. The Balaban J connectivity index is 1.48. The van der Waals surface area contributed by atoms with Gasteiger partial charge in [0.15, 0.2) is 5.13 Å². The van der Waals surface area contributed by atoms with Gasteiger partial charge in [-0.2, -0.15) is 0 Å². The van der Waals surface area contributed by atoms with Gasteiger partial charge in [-0.3, -0.25) is 4.79 Å². The molecule has 1 heterocycles. The van der Waals surface area contributed by atoms with Crippen molar-refractivity contribution < 1.29 is 9.18 Å². The number of hydrogen-bond acceptors (Lipinski definition) is 3. The molecule has 1 saturated carbocycles. The Morgan fingerprint density at radius 1 is 1.21 bits per heavy atom. The third-order valence-electron chi connectivity index (χ3n) is 4.02. The number of anilines is 1. The number of hydrogen-bond donors (Lipinski definition) is 1. The molecule has 0 aliphatic heterocycles. The summed E-state index contributed by atoms with van der Waals surface area (Å²) in [6, 6.07) is 9.72. The van der Waals surface area contributed by atoms with Gasteiger partial charge in [0.2, 0.25) is 5.91 Å². The molecule has 2 atom stereocenters. The first-order valence-electron chi connectivity index (χ1n) is 7.32. The Hall–Kier alpha value is -1.69. The molecule has 1 aliphatic rings. The molecule has 0 saturated heterocycles. The Morgan fingerprint density at radius 2 is 1.96 bits per heavy atom. The lowest BCUT2D eigenvalue weighted by Gasteiger charge is -2.03. The number of aromatic nitrogens is 1. The summed E-state index contributed by atoms with van der Waals surface area (Å²) in [5.74, 6) is -0.406. The maximum atomic E-state index is 13.2. The fourth-order valence-electron chi connectivity index (χ4n) is 2.79. The molecule has 3 aromatic rings. The first kappa shape index (κ1) is 15.8. The van der Waals surface area contributed by atoms with Crippen LogP contribution in [0.25, 0.3) is 10.2 Å². The monoisotopic (exact) mass is 380 g/mol. The van der Waals surface area contributed by atoms with Crippen LogP contribution in [0.4, 0.5) is 9.52 Å². The molecule has 0 unspecified atom stereocenters. The van der Waals surface area contributed by atoms with E-state index in [9.17, 15) is 9.18 Å². The summed E-state index contributed by atoms with van der Waals surface area (Å²) < 4.78 is 13.9. The summed E-state index contributed by atoms with van der Waals surface area (Å²) in [6.45, 7) is 0. The van der Waals surface area contributed by atoms with Crippen molar-refractivity contribution in [2.75, 3.05) is 5.32 Å². The van der Waals surface area contributed by atoms with E-state index in [-0.39, 0.29) is 23.6 Å². The predicted octanol–water partition coefficient (Wildman–Crippen LogP) is 5.48. The van der Waals surface area contributed by atoms with E-state index >= 15 is 0 Å². The van der Waals surface area contributed by atoms with Crippen LogP contribution in [0.3, 0.4) is 0 Å². The molecule has 1 fully saturated rings. The number of halogens is 3. The molecule has 7 heteroatoms. The standard InChI is InChI=1S/C17H11Cl2FN2OS/c18-9-3-8(4-10(19)5-9)12-7-13(12)16(23)22-17-21-14-2-1-11(20)6-15(14)24-17/h1-6,12-13H,7H2,(H,21,22,23)/t12-,13+/m0/s1. The second-order valence-electron chi connectivity index (χ2n) is 5.77. The smallest absolute Gasteiger partial charge is 0.229 e. The van der Waals surface area contributed by atoms with E-state index < -0.39 is 0 Å². The zero-order chi connectivity index (χ0) is 16.8. The molecule has 122 valence electrons. The summed E-state index contributed by atoms with van der Waals surface area (Å²) in [5.41, 5.74) is 1.64. The van der Waals surface area contributed by atoms with Gasteiger partial charge in [-0.15, -0.1) is 0 Å². The van der Waals surface area contributed by atoms with Gasteiger partial charge >= 0.3 is 0 Å². The minimum Gasteiger partial charge on any atom is -0.302 e. The van der Waals surface area contributed by atoms with E-state index in [0.29, 0.717) is 25.4 Å². The van der Waals surface area contributed by atoms with Crippen LogP contribution in [0.1, 0.15) is 17.9 Å². The normalized spacial score (nSPS) is 19.5. The molecule has 1 aromatic heterocycles. The summed E-state index contributed by atoms with van der Waals surface area (Å²) in [6.07, 6.45) is 0.752. The lowest BCUT2D eigenvalue weighted by Crippen LogP contribution is -2.14. The van der Waals surface area contributed by atoms with Crippen molar-refractivity contribution in [1.82, 2.24) is 4.98 Å². The van der Waals surface area contributed by atoms with Gasteiger partial charge in [0.1, 0.15) is 5.82 Å². The molecule has 1 amide bonds. The number of amides is 1. The number of nitrogens with one attached hydrogen (secondary N) is 1. The highest BCUT2D eigenvalue weighted by atomic mass is 35.5. The van der Waals surface area contributed by atoms with Crippen LogP contribution in [-0.2, 0) is 4.79 Å². The van der Waals surface area contributed by atoms with Crippen LogP contribution in [0.15, 0.2) is 36.4 Å². The number of fused-ring (bicyclic) bond motifs is 1. The van der Waals surface area contributed by atoms with E-state index in [0.717, 1.165) is 12.0 Å². The summed E-state index contributed by atoms with van der Waals surface area (Å²) in [4.78, 5) is 16.7. The minimum atomic E-state index is -0.316. The molecule has 0 spiro atoms. The van der Waals surface area contributed by atoms with Crippen LogP contribution in [0.2, 0.25) is 10.0 Å². The molecule has 1 aliphatic carbocycles. The van der Waals surface area contributed by atoms with Crippen LogP contribution in [0.5, 0.6) is 0 Å². The fourth-order valence-corrected chi connectivity index (χ4v) is 4.23. The Kier molecular flexibility index (Phi) is 3.95. The average molecular weight is 381 g/mol. The quantitative estimate of drug-likeness (QED) is 0.652. The first-order chi connectivity index (χ1) is 11.5. The molecule has 3 nitrogen and oxygen atoms in total. The fraction of sp³-hybridized carbons (Fsp3) is 0.176. The van der Waals surface area contributed by atoms with Gasteiger partial charge in [-0.05, 0) is 54.3 Å². The van der Waals surface area contributed by atoms with Crippen molar-refractivity contribution in [3.63, 3.8) is 0 Å². The Labute approximate surface area is 151 Å². The number of rotatable bonds is 3. The average Bonchev–Trinajstić information content (AvgIpc) is 3.21. The third kappa shape index (κ3) is 3.11. The summed E-state index contributed by atoms with van der Waals surface area (Å²) >= 11 is 13.3. The number of thiazole rings is 1. The van der Waals surface area contributed by atoms with Gasteiger partial charge in [0, 0.05) is 16.0 Å². The summed E-state index contributed by atoms with van der Waals surface area (Å²) in [5, 5.41) is 4.44. The van der Waals surface area contributed by atoms with E-state index in [1.54, 1.807) is 12.1 Å². The Morgan fingerprint density at radius 3 is 2.71 bits per heavy atom. The van der Waals surface area contributed by atoms with Crippen LogP contribution in [0, 0.1) is 11.7 Å². The largest absolute Gasteiger partial charge is 0.302 e. The number of carbonyl (C=O) groups excluding carboxylic acids is 1. The van der Waals surface area contributed by atoms with Crippen molar-refractivity contribution >= 4 is 55.8 Å². The zero-order valence-electron chi connectivity index (χ0n) is 12.2. The molecule has 2 aromatic carbocycles. The van der Waals surface area contributed by atoms with Crippen LogP contribution in [-0.4, -0.2) is 10.9 Å². The van der Waals surface area contributed by atoms with Crippen LogP contribution >= 0.6 is 34.5 Å². The summed E-state index contributed by atoms with van der Waals surface area (Å²) in [7, 11) is 0. The highest BCUT2D eigenvalue weighted by Gasteiger charge is 2.44. The van der Waals surface area contributed by atoms with Crippen molar-refractivity contribution in [2.24, 2.45) is 5.92 Å². The lowest BCUT2D eigenvalue weighted by atomic mass is 10.1. The molecule has 0 bridgehead atoms. The maximum Gasteiger partial charge on any atom is 0.229 e. The second kappa shape index (κ2) is 5.99. The van der Waals surface area contributed by atoms with Crippen molar-refractivity contribution in [3.8, 4) is 0 Å². The second-order valence-corrected chi connectivity index (χ2v) is 7.68. The van der Waals surface area contributed by atoms with E-state index in [1.807, 2.05) is 12.1 Å². The maximum absolute atomic E-state index is 13.2. The predicted molar refractivity (Wildman–Crippen MR) is 95.5 cm³/mol. The van der Waals surface area contributed by atoms with E-state index in [4.69, 9.17) is 23.2 Å². The highest BCUT2D eigenvalue weighted by Crippen LogP contribution is 2.49. The van der Waals surface area contributed by atoms with Gasteiger partial charge in [-0.25, -0.2) is 9.37 Å². The molecule has 4 rings (SSSR count). The first-order valence-corrected chi connectivity index (χ1v) is 8.90. The van der Waals surface area contributed by atoms with Gasteiger partial charge in [0.25, 0.3) is 0 Å². The van der Waals surface area contributed by atoms with Crippen molar-refractivity contribution in [3.05, 3.63) is 57.8 Å². The van der Waals surface area contributed by atoms with Crippen molar-refractivity contribution in [1.29, 1.82) is 0 Å². The van der Waals surface area contributed by atoms with Gasteiger partial charge in [-0.1, -0.05) is 34.5 Å². The Bertz CT molecular complexity index is 939. The molecule has 24 heavy (non-hydrogen) atoms. The van der Waals surface area contributed by atoms with Gasteiger partial charge < -0.3 is 5.32 Å². The van der Waals surface area contributed by atoms with Gasteiger partial charge in [0.05, 0.1) is 10.2 Å². The molecular formula is C17H11Cl2FN2OS. The molecule has 1 N–H and O–H groups in total. The number of benzene rings is 2. The van der Waals surface area contributed by atoms with Crippen LogP contribution < -0.4 is 5.32 Å². The zero-order valence-corrected chi connectivity index (χ0v) is 14.6. The van der Waals surface area contributed by atoms with Crippen molar-refractivity contribution in [2.45, 2.75) is 12.3 Å². The third-order valence-corrected chi connectivity index (χ3v) is 5.39. The van der Waals surface area contributed by atoms with E-state index in [1.165, 1.54) is 23.5 Å². The lowest BCUT2D eigenvalue weighted by molar-refractivity contribution is -0.117. The topological polar surface area (TPSA) is 42.0 Å².